The lowest BCUT2D eigenvalue weighted by Gasteiger charge is -2.38. The van der Waals surface area contributed by atoms with E-state index in [2.05, 4.69) is 15.5 Å². The molecule has 0 amide bonds. The van der Waals surface area contributed by atoms with E-state index in [0.29, 0.717) is 39.8 Å². The average molecular weight is 410 g/mol. The third kappa shape index (κ3) is 3.11. The Balaban J connectivity index is 1.45. The van der Waals surface area contributed by atoms with E-state index in [1.54, 1.807) is 25.1 Å². The Hall–Kier alpha value is -3.00. The predicted octanol–water partition coefficient (Wildman–Crippen LogP) is 2.93. The summed E-state index contributed by atoms with van der Waals surface area (Å²) in [5.74, 6) is 0.998. The molecule has 4 heterocycles. The monoisotopic (exact) mass is 410 g/mol. The van der Waals surface area contributed by atoms with Crippen LogP contribution in [0.4, 0.5) is 10.2 Å². The minimum absolute atomic E-state index is 0.0505. The molecule has 7 nitrogen and oxygen atoms in total. The normalized spacial score (nSPS) is 25.6. The van der Waals surface area contributed by atoms with Crippen molar-refractivity contribution in [3.63, 3.8) is 0 Å². The van der Waals surface area contributed by atoms with Crippen LogP contribution in [-0.4, -0.2) is 46.6 Å². The number of anilines is 1. The number of alkyl halides is 1. The third-order valence-electron chi connectivity index (χ3n) is 6.31. The highest BCUT2D eigenvalue weighted by Crippen LogP contribution is 2.34. The molecule has 0 spiro atoms. The zero-order valence-corrected chi connectivity index (χ0v) is 16.8. The van der Waals surface area contributed by atoms with Crippen LogP contribution in [0.25, 0.3) is 22.2 Å². The largest absolute Gasteiger partial charge is 0.507 e. The van der Waals surface area contributed by atoms with Crippen molar-refractivity contribution < 1.29 is 13.9 Å². The number of phenols is 1. The molecule has 2 aromatic heterocycles. The van der Waals surface area contributed by atoms with Crippen molar-refractivity contribution in [3.05, 3.63) is 46.3 Å². The summed E-state index contributed by atoms with van der Waals surface area (Å²) in [5, 5.41) is 22.6. The van der Waals surface area contributed by atoms with E-state index < -0.39 is 6.17 Å². The third-order valence-corrected chi connectivity index (χ3v) is 6.31. The van der Waals surface area contributed by atoms with Crippen LogP contribution in [0.3, 0.4) is 0 Å². The van der Waals surface area contributed by atoms with E-state index in [0.717, 1.165) is 19.3 Å². The molecular formula is C22H23FN4O3. The van der Waals surface area contributed by atoms with Gasteiger partial charge in [0.2, 0.25) is 0 Å². The van der Waals surface area contributed by atoms with Crippen molar-refractivity contribution in [1.29, 1.82) is 0 Å². The molecule has 2 fully saturated rings. The lowest BCUT2D eigenvalue weighted by Crippen LogP contribution is -2.55. The Morgan fingerprint density at radius 1 is 1.23 bits per heavy atom. The summed E-state index contributed by atoms with van der Waals surface area (Å²) in [6.07, 6.45) is 1.66. The lowest BCUT2D eigenvalue weighted by molar-refractivity contribution is 0.176. The van der Waals surface area contributed by atoms with Gasteiger partial charge >= 0.3 is 0 Å². The summed E-state index contributed by atoms with van der Waals surface area (Å²) in [7, 11) is 1.84. The molecule has 2 aliphatic heterocycles. The van der Waals surface area contributed by atoms with Gasteiger partial charge in [-0.3, -0.25) is 4.79 Å². The molecule has 1 aromatic carbocycles. The smallest absolute Gasteiger partial charge is 0.192 e. The van der Waals surface area contributed by atoms with Gasteiger partial charge in [0, 0.05) is 36.8 Å². The van der Waals surface area contributed by atoms with Crippen LogP contribution in [-0.2, 0) is 0 Å². The van der Waals surface area contributed by atoms with Crippen LogP contribution < -0.4 is 15.6 Å². The number of benzene rings is 1. The van der Waals surface area contributed by atoms with Gasteiger partial charge in [0.25, 0.3) is 0 Å². The fraction of sp³-hybridized carbons (Fsp3) is 0.409. The number of fused-ring (bicyclic) bond motifs is 3. The Labute approximate surface area is 172 Å². The second-order valence-corrected chi connectivity index (χ2v) is 8.27. The molecule has 0 saturated carbocycles. The molecule has 0 aliphatic carbocycles. The quantitative estimate of drug-likeness (QED) is 0.686. The predicted molar refractivity (Wildman–Crippen MR) is 112 cm³/mol. The molecule has 0 unspecified atom stereocenters. The SMILES string of the molecule is Cc1cc(=O)c2cc(-c3ccc(N(C)[C@@H]4C[C@H]5CC[C@H](N5)[C@@H]4F)nn3)c(O)cc2o1. The first-order valence-corrected chi connectivity index (χ1v) is 10.2. The van der Waals surface area contributed by atoms with E-state index >= 15 is 0 Å². The van der Waals surface area contributed by atoms with E-state index in [1.165, 1.54) is 12.1 Å². The van der Waals surface area contributed by atoms with Gasteiger partial charge in [0.15, 0.2) is 11.2 Å². The van der Waals surface area contributed by atoms with E-state index in [-0.39, 0.29) is 23.3 Å². The van der Waals surface area contributed by atoms with Gasteiger partial charge in [-0.1, -0.05) is 0 Å². The molecule has 5 rings (SSSR count). The van der Waals surface area contributed by atoms with Crippen molar-refractivity contribution in [2.75, 3.05) is 11.9 Å². The fourth-order valence-electron chi connectivity index (χ4n) is 4.69. The Kier molecular flexibility index (Phi) is 4.47. The Morgan fingerprint density at radius 3 is 2.83 bits per heavy atom. The van der Waals surface area contributed by atoms with E-state index in [1.807, 2.05) is 11.9 Å². The second-order valence-electron chi connectivity index (χ2n) is 8.27. The molecule has 0 radical (unpaired) electrons. The number of nitrogens with one attached hydrogen (secondary N) is 1. The number of hydrogen-bond acceptors (Lipinski definition) is 7. The van der Waals surface area contributed by atoms with Gasteiger partial charge in [-0.05, 0) is 44.4 Å². The highest BCUT2D eigenvalue weighted by molar-refractivity contribution is 5.86. The number of halogens is 1. The first-order chi connectivity index (χ1) is 14.4. The van der Waals surface area contributed by atoms with E-state index in [9.17, 15) is 14.3 Å². The van der Waals surface area contributed by atoms with Crippen LogP contribution >= 0.6 is 0 Å². The molecule has 2 aliphatic rings. The van der Waals surface area contributed by atoms with Crippen LogP contribution in [0.1, 0.15) is 25.0 Å². The fourth-order valence-corrected chi connectivity index (χ4v) is 4.69. The van der Waals surface area contributed by atoms with E-state index in [4.69, 9.17) is 4.42 Å². The van der Waals surface area contributed by atoms with Crippen LogP contribution in [0, 0.1) is 6.92 Å². The van der Waals surface area contributed by atoms with Crippen molar-refractivity contribution in [2.45, 2.75) is 50.5 Å². The van der Waals surface area contributed by atoms with Crippen molar-refractivity contribution in [2.24, 2.45) is 0 Å². The topological polar surface area (TPSA) is 91.5 Å². The molecule has 2 saturated heterocycles. The van der Waals surface area contributed by atoms with Gasteiger partial charge in [-0.15, -0.1) is 10.2 Å². The minimum Gasteiger partial charge on any atom is -0.507 e. The van der Waals surface area contributed by atoms with Gasteiger partial charge < -0.3 is 19.7 Å². The van der Waals surface area contributed by atoms with Gasteiger partial charge in [0.1, 0.15) is 23.3 Å². The summed E-state index contributed by atoms with van der Waals surface area (Å²) in [5.41, 5.74) is 0.950. The molecule has 3 aromatic rings. The van der Waals surface area contributed by atoms with Crippen molar-refractivity contribution in [3.8, 4) is 17.0 Å². The van der Waals surface area contributed by atoms with Gasteiger partial charge in [-0.2, -0.15) is 0 Å². The number of nitrogens with zero attached hydrogens (tertiary/aromatic N) is 3. The van der Waals surface area contributed by atoms with Gasteiger partial charge in [-0.25, -0.2) is 4.39 Å². The maximum atomic E-state index is 14.9. The zero-order chi connectivity index (χ0) is 21.0. The first kappa shape index (κ1) is 19.0. The lowest BCUT2D eigenvalue weighted by atomic mass is 9.96. The van der Waals surface area contributed by atoms with Crippen LogP contribution in [0.15, 0.2) is 39.5 Å². The number of aryl methyl sites for hydroxylation is 1. The van der Waals surface area contributed by atoms with Crippen LogP contribution in [0.5, 0.6) is 5.75 Å². The molecule has 2 bridgehead atoms. The minimum atomic E-state index is -0.956. The van der Waals surface area contributed by atoms with Crippen LogP contribution in [0.2, 0.25) is 0 Å². The summed E-state index contributed by atoms with van der Waals surface area (Å²) < 4.78 is 20.4. The molecule has 30 heavy (non-hydrogen) atoms. The molecular weight excluding hydrogens is 387 g/mol. The number of aromatic hydroxyl groups is 1. The molecule has 2 N–H and O–H groups in total. The average Bonchev–Trinajstić information content (AvgIpc) is 3.13. The summed E-state index contributed by atoms with van der Waals surface area (Å²) in [4.78, 5) is 14.1. The Morgan fingerprint density at radius 2 is 2.07 bits per heavy atom. The molecule has 4 atom stereocenters. The number of aromatic nitrogens is 2. The summed E-state index contributed by atoms with van der Waals surface area (Å²) in [6, 6.07) is 7.89. The number of piperidine rings is 1. The number of hydrogen-bond donors (Lipinski definition) is 2. The second kappa shape index (κ2) is 7.05. The standard InChI is InChI=1S/C22H23FN4O3/c1-11-7-18(28)14-9-13(19(29)10-20(14)30-11)15-5-6-21(26-25-15)27(2)17-8-12-3-4-16(24-12)22(17)23/h5-7,9-10,12,16-17,22,24,29H,3-4,8H2,1-2H3/t12-,16+,17-,22+/m1/s1. The summed E-state index contributed by atoms with van der Waals surface area (Å²) >= 11 is 0. The van der Waals surface area contributed by atoms with Crippen molar-refractivity contribution in [1.82, 2.24) is 15.5 Å². The maximum absolute atomic E-state index is 14.9. The molecule has 156 valence electrons. The number of phenolic OH excluding ortho intramolecular Hbond substituents is 1. The Bertz CT molecular complexity index is 1160. The molecule has 8 heteroatoms. The maximum Gasteiger partial charge on any atom is 0.192 e. The highest BCUT2D eigenvalue weighted by Gasteiger charge is 2.43. The zero-order valence-electron chi connectivity index (χ0n) is 16.8. The van der Waals surface area contributed by atoms with Crippen molar-refractivity contribution >= 4 is 16.8 Å². The van der Waals surface area contributed by atoms with Gasteiger partial charge in [0.05, 0.1) is 17.1 Å². The number of rotatable bonds is 3. The first-order valence-electron chi connectivity index (χ1n) is 10.2. The highest BCUT2D eigenvalue weighted by atomic mass is 19.1. The summed E-state index contributed by atoms with van der Waals surface area (Å²) in [6.45, 7) is 1.68.